The first-order valence-electron chi connectivity index (χ1n) is 5.32. The van der Waals surface area contributed by atoms with Crippen LogP contribution in [0.1, 0.15) is 20.8 Å². The first-order valence-corrected chi connectivity index (χ1v) is 5.32. The molecule has 0 bridgehead atoms. The van der Waals surface area contributed by atoms with Gasteiger partial charge in [0.1, 0.15) is 0 Å². The van der Waals surface area contributed by atoms with E-state index >= 15 is 0 Å². The number of carbonyl (C=O) groups excluding carboxylic acids is 1. The molecule has 3 nitrogen and oxygen atoms in total. The van der Waals surface area contributed by atoms with Gasteiger partial charge in [0.25, 0.3) is 6.04 Å². The van der Waals surface area contributed by atoms with Crippen LogP contribution in [0.5, 0.6) is 0 Å². The molecule has 0 aliphatic heterocycles. The SMILES string of the molecule is [C-]#[N+]C(C)C(=O)N(c1ccccc1)C(C)C. The zero-order chi connectivity index (χ0) is 12.1. The van der Waals surface area contributed by atoms with Crippen molar-refractivity contribution in [3.05, 3.63) is 41.7 Å². The normalized spacial score (nSPS) is 11.9. The van der Waals surface area contributed by atoms with Crippen molar-refractivity contribution in [3.8, 4) is 0 Å². The summed E-state index contributed by atoms with van der Waals surface area (Å²) in [6.07, 6.45) is 0. The Balaban J connectivity index is 3.03. The second-order valence-electron chi connectivity index (χ2n) is 3.94. The van der Waals surface area contributed by atoms with Crippen LogP contribution in [0.4, 0.5) is 5.69 Å². The van der Waals surface area contributed by atoms with Gasteiger partial charge in [0.2, 0.25) is 0 Å². The van der Waals surface area contributed by atoms with E-state index in [0.29, 0.717) is 0 Å². The minimum atomic E-state index is -0.623. The Bertz CT molecular complexity index is 392. The second kappa shape index (κ2) is 5.32. The molecule has 1 rings (SSSR count). The fraction of sp³-hybridized carbons (Fsp3) is 0.385. The zero-order valence-corrected chi connectivity index (χ0v) is 9.84. The fourth-order valence-electron chi connectivity index (χ4n) is 1.52. The average Bonchev–Trinajstić information content (AvgIpc) is 2.29. The Morgan fingerprint density at radius 2 is 1.81 bits per heavy atom. The van der Waals surface area contributed by atoms with Gasteiger partial charge in [-0.25, -0.2) is 6.57 Å². The summed E-state index contributed by atoms with van der Waals surface area (Å²) in [7, 11) is 0. The monoisotopic (exact) mass is 216 g/mol. The van der Waals surface area contributed by atoms with E-state index in [1.54, 1.807) is 11.8 Å². The van der Waals surface area contributed by atoms with Crippen LogP contribution in [0.3, 0.4) is 0 Å². The average molecular weight is 216 g/mol. The molecular formula is C13H16N2O. The Hall–Kier alpha value is -1.82. The molecule has 0 aliphatic rings. The highest BCUT2D eigenvalue weighted by Gasteiger charge is 2.27. The summed E-state index contributed by atoms with van der Waals surface area (Å²) in [5.74, 6) is -0.142. The Kier molecular flexibility index (Phi) is 4.07. The van der Waals surface area contributed by atoms with Crippen molar-refractivity contribution in [2.75, 3.05) is 4.90 Å². The highest BCUT2D eigenvalue weighted by molar-refractivity contribution is 5.98. The molecule has 0 aliphatic carbocycles. The maximum Gasteiger partial charge on any atom is 0.310 e. The van der Waals surface area contributed by atoms with Crippen molar-refractivity contribution >= 4 is 11.6 Å². The molecule has 84 valence electrons. The minimum Gasteiger partial charge on any atom is -0.303 e. The highest BCUT2D eigenvalue weighted by atomic mass is 16.2. The molecule has 0 fully saturated rings. The predicted octanol–water partition coefficient (Wildman–Crippen LogP) is 2.74. The lowest BCUT2D eigenvalue weighted by molar-refractivity contribution is -0.119. The number of amides is 1. The molecule has 1 aromatic rings. The van der Waals surface area contributed by atoms with Gasteiger partial charge in [0.15, 0.2) is 0 Å². The Morgan fingerprint density at radius 3 is 2.25 bits per heavy atom. The van der Waals surface area contributed by atoms with E-state index in [4.69, 9.17) is 6.57 Å². The van der Waals surface area contributed by atoms with E-state index in [2.05, 4.69) is 4.85 Å². The van der Waals surface area contributed by atoms with Gasteiger partial charge in [-0.3, -0.25) is 4.79 Å². The van der Waals surface area contributed by atoms with Crippen LogP contribution >= 0.6 is 0 Å². The zero-order valence-electron chi connectivity index (χ0n) is 9.84. The lowest BCUT2D eigenvalue weighted by atomic mass is 10.2. The molecule has 0 saturated heterocycles. The summed E-state index contributed by atoms with van der Waals surface area (Å²) < 4.78 is 0. The standard InChI is InChI=1S/C13H16N2O/c1-10(2)15(13(16)11(3)14-4)12-8-6-5-7-9-12/h5-11H,1-3H3. The fourth-order valence-corrected chi connectivity index (χ4v) is 1.52. The van der Waals surface area contributed by atoms with Crippen molar-refractivity contribution in [2.24, 2.45) is 0 Å². The van der Waals surface area contributed by atoms with Gasteiger partial charge in [-0.05, 0) is 26.0 Å². The molecular weight excluding hydrogens is 200 g/mol. The van der Waals surface area contributed by atoms with Crippen molar-refractivity contribution in [3.63, 3.8) is 0 Å². The lowest BCUT2D eigenvalue weighted by Gasteiger charge is -2.26. The highest BCUT2D eigenvalue weighted by Crippen LogP contribution is 2.18. The van der Waals surface area contributed by atoms with E-state index in [9.17, 15) is 4.79 Å². The summed E-state index contributed by atoms with van der Waals surface area (Å²) in [5.41, 5.74) is 0.845. The largest absolute Gasteiger partial charge is 0.310 e. The predicted molar refractivity (Wildman–Crippen MR) is 65.1 cm³/mol. The van der Waals surface area contributed by atoms with E-state index in [-0.39, 0.29) is 11.9 Å². The molecule has 1 unspecified atom stereocenters. The molecule has 0 spiro atoms. The van der Waals surface area contributed by atoms with Crippen LogP contribution in [0.2, 0.25) is 0 Å². The Morgan fingerprint density at radius 1 is 1.25 bits per heavy atom. The third-order valence-electron chi connectivity index (χ3n) is 2.34. The van der Waals surface area contributed by atoms with E-state index in [1.807, 2.05) is 44.2 Å². The van der Waals surface area contributed by atoms with Crippen molar-refractivity contribution in [1.29, 1.82) is 0 Å². The maximum atomic E-state index is 12.0. The number of rotatable bonds is 3. The van der Waals surface area contributed by atoms with Gasteiger partial charge in [0, 0.05) is 18.7 Å². The first-order chi connectivity index (χ1) is 7.57. The Labute approximate surface area is 96.5 Å². The number of nitrogens with zero attached hydrogens (tertiary/aromatic N) is 2. The number of hydrogen-bond acceptors (Lipinski definition) is 1. The summed E-state index contributed by atoms with van der Waals surface area (Å²) in [5, 5.41) is 0. The number of anilines is 1. The number of hydrogen-bond donors (Lipinski definition) is 0. The van der Waals surface area contributed by atoms with Crippen LogP contribution < -0.4 is 4.90 Å². The smallest absolute Gasteiger partial charge is 0.303 e. The molecule has 0 heterocycles. The van der Waals surface area contributed by atoms with Crippen molar-refractivity contribution in [2.45, 2.75) is 32.9 Å². The number of carbonyl (C=O) groups is 1. The minimum absolute atomic E-state index is 0.0547. The van der Waals surface area contributed by atoms with Crippen LogP contribution in [0.15, 0.2) is 30.3 Å². The lowest BCUT2D eigenvalue weighted by Crippen LogP contribution is -2.41. The number of para-hydroxylation sites is 1. The van der Waals surface area contributed by atoms with Crippen LogP contribution in [0.25, 0.3) is 4.85 Å². The number of benzene rings is 1. The van der Waals surface area contributed by atoms with E-state index in [0.717, 1.165) is 5.69 Å². The van der Waals surface area contributed by atoms with Gasteiger partial charge >= 0.3 is 5.91 Å². The molecule has 1 atom stereocenters. The molecule has 0 radical (unpaired) electrons. The van der Waals surface area contributed by atoms with Gasteiger partial charge in [-0.15, -0.1) is 0 Å². The molecule has 0 aromatic heterocycles. The van der Waals surface area contributed by atoms with E-state index in [1.165, 1.54) is 0 Å². The van der Waals surface area contributed by atoms with Gasteiger partial charge < -0.3 is 9.74 Å². The quantitative estimate of drug-likeness (QED) is 0.713. The van der Waals surface area contributed by atoms with E-state index < -0.39 is 6.04 Å². The topological polar surface area (TPSA) is 24.7 Å². The molecule has 1 amide bonds. The molecule has 0 saturated carbocycles. The third-order valence-corrected chi connectivity index (χ3v) is 2.34. The summed E-state index contributed by atoms with van der Waals surface area (Å²) in [6.45, 7) is 12.4. The van der Waals surface area contributed by atoms with Crippen molar-refractivity contribution in [1.82, 2.24) is 0 Å². The summed E-state index contributed by atoms with van der Waals surface area (Å²) >= 11 is 0. The molecule has 1 aromatic carbocycles. The molecule has 16 heavy (non-hydrogen) atoms. The van der Waals surface area contributed by atoms with Crippen LogP contribution in [-0.4, -0.2) is 18.0 Å². The van der Waals surface area contributed by atoms with Gasteiger partial charge in [0.05, 0.1) is 0 Å². The van der Waals surface area contributed by atoms with Crippen LogP contribution in [0, 0.1) is 6.57 Å². The summed E-state index contributed by atoms with van der Waals surface area (Å²) in [6, 6.07) is 8.89. The van der Waals surface area contributed by atoms with Gasteiger partial charge in [-0.2, -0.15) is 0 Å². The van der Waals surface area contributed by atoms with Crippen LogP contribution in [-0.2, 0) is 4.79 Å². The van der Waals surface area contributed by atoms with Gasteiger partial charge in [-0.1, -0.05) is 18.2 Å². The third kappa shape index (κ3) is 2.60. The maximum absolute atomic E-state index is 12.0. The molecule has 3 heteroatoms. The summed E-state index contributed by atoms with van der Waals surface area (Å²) in [4.78, 5) is 17.0. The molecule has 0 N–H and O–H groups in total. The second-order valence-corrected chi connectivity index (χ2v) is 3.94. The van der Waals surface area contributed by atoms with Crippen molar-refractivity contribution < 1.29 is 4.79 Å². The first kappa shape index (κ1) is 12.3.